The van der Waals surface area contributed by atoms with Gasteiger partial charge in [0.1, 0.15) is 0 Å². The molecule has 1 N–H and O–H groups in total. The Labute approximate surface area is 149 Å². The standard InChI is InChI=1S/C19H22N2O3S/c1-15(2)14-24-25(22,23)18-10-8-17(9-11-18)21-13-12-19(20-21)16-6-4-3-5-7-16/h3-12,15,20H,13-14H2,1-2H3. The van der Waals surface area contributed by atoms with E-state index in [1.54, 1.807) is 24.3 Å². The molecule has 0 aliphatic carbocycles. The van der Waals surface area contributed by atoms with Crippen LogP contribution in [-0.4, -0.2) is 21.6 Å². The van der Waals surface area contributed by atoms with Crippen LogP contribution in [-0.2, 0) is 14.3 Å². The van der Waals surface area contributed by atoms with Crippen LogP contribution in [0.1, 0.15) is 19.4 Å². The minimum absolute atomic E-state index is 0.158. The van der Waals surface area contributed by atoms with Crippen molar-refractivity contribution < 1.29 is 12.6 Å². The van der Waals surface area contributed by atoms with Crippen LogP contribution in [0.4, 0.5) is 5.69 Å². The van der Waals surface area contributed by atoms with E-state index in [1.165, 1.54) is 0 Å². The highest BCUT2D eigenvalue weighted by Gasteiger charge is 2.18. The average molecular weight is 358 g/mol. The lowest BCUT2D eigenvalue weighted by Crippen LogP contribution is -2.31. The van der Waals surface area contributed by atoms with Crippen molar-refractivity contribution in [2.45, 2.75) is 18.7 Å². The van der Waals surface area contributed by atoms with Crippen molar-refractivity contribution >= 4 is 21.5 Å². The molecule has 0 atom stereocenters. The second-order valence-electron chi connectivity index (χ2n) is 6.33. The summed E-state index contributed by atoms with van der Waals surface area (Å²) in [5.74, 6) is 0.158. The molecule has 1 aliphatic heterocycles. The number of hydrogen-bond acceptors (Lipinski definition) is 5. The number of rotatable bonds is 6. The number of hydrogen-bond donors (Lipinski definition) is 1. The first-order valence-electron chi connectivity index (χ1n) is 8.25. The predicted octanol–water partition coefficient (Wildman–Crippen LogP) is 3.41. The minimum Gasteiger partial charge on any atom is -0.298 e. The van der Waals surface area contributed by atoms with Gasteiger partial charge in [0.25, 0.3) is 10.1 Å². The fourth-order valence-electron chi connectivity index (χ4n) is 2.48. The third kappa shape index (κ3) is 4.21. The summed E-state index contributed by atoms with van der Waals surface area (Å²) in [6, 6.07) is 16.8. The van der Waals surface area contributed by atoms with Crippen LogP contribution in [0.2, 0.25) is 0 Å². The number of anilines is 1. The summed E-state index contributed by atoms with van der Waals surface area (Å²) in [5, 5.41) is 1.97. The van der Waals surface area contributed by atoms with Gasteiger partial charge in [-0.1, -0.05) is 44.2 Å². The van der Waals surface area contributed by atoms with Crippen LogP contribution in [0, 0.1) is 5.92 Å². The number of nitrogens with zero attached hydrogens (tertiary/aromatic N) is 1. The molecule has 0 fully saturated rings. The molecule has 5 nitrogen and oxygen atoms in total. The monoisotopic (exact) mass is 358 g/mol. The van der Waals surface area contributed by atoms with Gasteiger partial charge in [-0.2, -0.15) is 8.42 Å². The van der Waals surface area contributed by atoms with E-state index in [2.05, 4.69) is 11.5 Å². The maximum Gasteiger partial charge on any atom is 0.296 e. The highest BCUT2D eigenvalue weighted by molar-refractivity contribution is 7.86. The SMILES string of the molecule is CC(C)COS(=O)(=O)c1ccc(N2CC=C(c3ccccc3)N2)cc1. The highest BCUT2D eigenvalue weighted by Crippen LogP contribution is 2.23. The topological polar surface area (TPSA) is 58.6 Å². The normalized spacial score (nSPS) is 14.5. The van der Waals surface area contributed by atoms with E-state index in [1.807, 2.05) is 49.2 Å². The number of nitrogens with one attached hydrogen (secondary N) is 1. The molecule has 1 heterocycles. The van der Waals surface area contributed by atoms with Gasteiger partial charge in [-0.3, -0.25) is 14.6 Å². The zero-order chi connectivity index (χ0) is 17.9. The third-order valence-corrected chi connectivity index (χ3v) is 5.11. The summed E-state index contributed by atoms with van der Waals surface area (Å²) in [5.41, 5.74) is 6.39. The summed E-state index contributed by atoms with van der Waals surface area (Å²) in [6.45, 7) is 4.71. The summed E-state index contributed by atoms with van der Waals surface area (Å²) in [7, 11) is -3.70. The predicted molar refractivity (Wildman–Crippen MR) is 99.3 cm³/mol. The first-order chi connectivity index (χ1) is 12.0. The first-order valence-corrected chi connectivity index (χ1v) is 9.66. The summed E-state index contributed by atoms with van der Waals surface area (Å²) < 4.78 is 29.3. The molecule has 0 spiro atoms. The van der Waals surface area contributed by atoms with Crippen LogP contribution in [0.25, 0.3) is 5.70 Å². The lowest BCUT2D eigenvalue weighted by molar-refractivity contribution is 0.275. The lowest BCUT2D eigenvalue weighted by Gasteiger charge is -2.21. The zero-order valence-corrected chi connectivity index (χ0v) is 15.2. The van der Waals surface area contributed by atoms with Crippen molar-refractivity contribution in [3.8, 4) is 0 Å². The Morgan fingerprint density at radius 2 is 1.76 bits per heavy atom. The van der Waals surface area contributed by atoms with E-state index < -0.39 is 10.1 Å². The Morgan fingerprint density at radius 1 is 1.08 bits per heavy atom. The van der Waals surface area contributed by atoms with Gasteiger partial charge >= 0.3 is 0 Å². The molecule has 0 saturated carbocycles. The Hall–Kier alpha value is -2.31. The molecule has 6 heteroatoms. The highest BCUT2D eigenvalue weighted by atomic mass is 32.2. The van der Waals surface area contributed by atoms with Crippen LogP contribution in [0.3, 0.4) is 0 Å². The van der Waals surface area contributed by atoms with Gasteiger partial charge in [-0.15, -0.1) is 0 Å². The van der Waals surface area contributed by atoms with Crippen molar-refractivity contribution in [2.75, 3.05) is 18.2 Å². The van der Waals surface area contributed by atoms with E-state index in [0.29, 0.717) is 6.54 Å². The quantitative estimate of drug-likeness (QED) is 0.802. The second-order valence-corrected chi connectivity index (χ2v) is 7.95. The first kappa shape index (κ1) is 17.5. The molecule has 25 heavy (non-hydrogen) atoms. The molecular weight excluding hydrogens is 336 g/mol. The van der Waals surface area contributed by atoms with Crippen LogP contribution in [0.5, 0.6) is 0 Å². The van der Waals surface area contributed by atoms with Crippen molar-refractivity contribution in [2.24, 2.45) is 5.92 Å². The van der Waals surface area contributed by atoms with E-state index in [0.717, 1.165) is 16.9 Å². The molecule has 1 aliphatic rings. The molecule has 2 aromatic rings. The Balaban J connectivity index is 1.68. The van der Waals surface area contributed by atoms with Gasteiger partial charge in [0.2, 0.25) is 0 Å². The Bertz CT molecular complexity index is 844. The smallest absolute Gasteiger partial charge is 0.296 e. The van der Waals surface area contributed by atoms with Gasteiger partial charge in [-0.25, -0.2) is 0 Å². The summed E-state index contributed by atoms with van der Waals surface area (Å²) >= 11 is 0. The molecule has 0 aromatic heterocycles. The van der Waals surface area contributed by atoms with Gasteiger partial charge in [0.15, 0.2) is 0 Å². The van der Waals surface area contributed by atoms with Gasteiger partial charge in [-0.05, 0) is 41.8 Å². The second kappa shape index (κ2) is 7.29. The summed E-state index contributed by atoms with van der Waals surface area (Å²) in [6.07, 6.45) is 2.10. The van der Waals surface area contributed by atoms with Crippen LogP contribution in [0.15, 0.2) is 65.6 Å². The molecule has 0 amide bonds. The molecule has 0 unspecified atom stereocenters. The largest absolute Gasteiger partial charge is 0.298 e. The van der Waals surface area contributed by atoms with Crippen LogP contribution >= 0.6 is 0 Å². The summed E-state index contributed by atoms with van der Waals surface area (Å²) in [4.78, 5) is 0.173. The minimum atomic E-state index is -3.70. The fourth-order valence-corrected chi connectivity index (χ4v) is 3.53. The number of benzene rings is 2. The van der Waals surface area contributed by atoms with E-state index in [4.69, 9.17) is 4.18 Å². The molecule has 3 rings (SSSR count). The maximum absolute atomic E-state index is 12.1. The zero-order valence-electron chi connectivity index (χ0n) is 14.3. The molecular formula is C19H22N2O3S. The number of hydrazine groups is 1. The molecule has 0 saturated heterocycles. The van der Waals surface area contributed by atoms with Crippen LogP contribution < -0.4 is 10.4 Å². The average Bonchev–Trinajstić information content (AvgIpc) is 3.11. The van der Waals surface area contributed by atoms with E-state index in [-0.39, 0.29) is 17.4 Å². The van der Waals surface area contributed by atoms with Gasteiger partial charge in [0, 0.05) is 0 Å². The van der Waals surface area contributed by atoms with Gasteiger partial charge in [0.05, 0.1) is 29.4 Å². The van der Waals surface area contributed by atoms with Gasteiger partial charge < -0.3 is 0 Å². The molecule has 0 radical (unpaired) electrons. The van der Waals surface area contributed by atoms with Crippen molar-refractivity contribution in [3.05, 3.63) is 66.2 Å². The fraction of sp³-hybridized carbons (Fsp3) is 0.263. The van der Waals surface area contributed by atoms with Crippen molar-refractivity contribution in [1.29, 1.82) is 0 Å². The molecule has 0 bridgehead atoms. The van der Waals surface area contributed by atoms with E-state index >= 15 is 0 Å². The Kier molecular flexibility index (Phi) is 5.11. The van der Waals surface area contributed by atoms with Crippen molar-refractivity contribution in [1.82, 2.24) is 5.43 Å². The third-order valence-electron chi connectivity index (χ3n) is 3.81. The Morgan fingerprint density at radius 3 is 2.40 bits per heavy atom. The maximum atomic E-state index is 12.1. The van der Waals surface area contributed by atoms with E-state index in [9.17, 15) is 8.42 Å². The lowest BCUT2D eigenvalue weighted by atomic mass is 10.2. The van der Waals surface area contributed by atoms with Crippen molar-refractivity contribution in [3.63, 3.8) is 0 Å². The molecule has 2 aromatic carbocycles. The molecule has 132 valence electrons.